The van der Waals surface area contributed by atoms with E-state index >= 15 is 0 Å². The molecule has 2 heterocycles. The Morgan fingerprint density at radius 1 is 1.06 bits per heavy atom. The molecule has 0 fully saturated rings. The van der Waals surface area contributed by atoms with Crippen molar-refractivity contribution in [1.82, 2.24) is 15.6 Å². The number of amides is 1. The Kier molecular flexibility index (Phi) is 6.24. The standard InChI is InChI=1S/C24H22N4O2S/c1-16-21(23(29)27-20-9-5-6-14-25-20)22(28-24(31)26-16)18-10-12-19(13-11-18)30-15-17-7-3-2-4-8-17/h2-14,22H,15H2,1H3,(H,25,27,29)(H2,26,28,31)/t22-/m0/s1. The highest BCUT2D eigenvalue weighted by atomic mass is 32.1. The Labute approximate surface area is 186 Å². The van der Waals surface area contributed by atoms with Crippen LogP contribution in [0, 0.1) is 0 Å². The second-order valence-corrected chi connectivity index (χ2v) is 7.49. The third-order valence-corrected chi connectivity index (χ3v) is 5.10. The summed E-state index contributed by atoms with van der Waals surface area (Å²) in [6, 6.07) is 22.6. The number of rotatable bonds is 6. The fourth-order valence-electron chi connectivity index (χ4n) is 3.36. The number of aromatic nitrogens is 1. The topological polar surface area (TPSA) is 75.3 Å². The lowest BCUT2D eigenvalue weighted by Crippen LogP contribution is -2.45. The molecule has 156 valence electrons. The maximum absolute atomic E-state index is 13.0. The molecular formula is C24H22N4O2S. The van der Waals surface area contributed by atoms with Crippen LogP contribution in [0.3, 0.4) is 0 Å². The highest BCUT2D eigenvalue weighted by Gasteiger charge is 2.30. The first-order valence-electron chi connectivity index (χ1n) is 9.87. The molecule has 0 saturated heterocycles. The first-order chi connectivity index (χ1) is 15.1. The van der Waals surface area contributed by atoms with Crippen LogP contribution in [0.5, 0.6) is 5.75 Å². The van der Waals surface area contributed by atoms with E-state index in [9.17, 15) is 4.79 Å². The predicted octanol–water partition coefficient (Wildman–Crippen LogP) is 4.09. The molecule has 6 nitrogen and oxygen atoms in total. The lowest BCUT2D eigenvalue weighted by atomic mass is 9.95. The fourth-order valence-corrected chi connectivity index (χ4v) is 3.63. The van der Waals surface area contributed by atoms with Crippen molar-refractivity contribution in [2.45, 2.75) is 19.6 Å². The number of benzene rings is 2. The lowest BCUT2D eigenvalue weighted by Gasteiger charge is -2.30. The quantitative estimate of drug-likeness (QED) is 0.512. The number of carbonyl (C=O) groups excluding carboxylic acids is 1. The van der Waals surface area contributed by atoms with Gasteiger partial charge in [-0.3, -0.25) is 4.79 Å². The molecular weight excluding hydrogens is 408 g/mol. The molecule has 0 radical (unpaired) electrons. The summed E-state index contributed by atoms with van der Waals surface area (Å²) in [6.07, 6.45) is 1.63. The molecule has 1 aliphatic heterocycles. The highest BCUT2D eigenvalue weighted by molar-refractivity contribution is 7.80. The monoisotopic (exact) mass is 430 g/mol. The number of carbonyl (C=O) groups is 1. The molecule has 7 heteroatoms. The third-order valence-electron chi connectivity index (χ3n) is 4.88. The van der Waals surface area contributed by atoms with Crippen LogP contribution >= 0.6 is 12.2 Å². The van der Waals surface area contributed by atoms with Crippen LogP contribution in [-0.2, 0) is 11.4 Å². The van der Waals surface area contributed by atoms with Gasteiger partial charge in [0.1, 0.15) is 18.2 Å². The summed E-state index contributed by atoms with van der Waals surface area (Å²) in [5.74, 6) is 1.00. The average molecular weight is 431 g/mol. The molecule has 0 unspecified atom stereocenters. The van der Waals surface area contributed by atoms with E-state index in [-0.39, 0.29) is 11.9 Å². The van der Waals surface area contributed by atoms with Gasteiger partial charge in [-0.15, -0.1) is 0 Å². The molecule has 31 heavy (non-hydrogen) atoms. The third kappa shape index (κ3) is 5.07. The summed E-state index contributed by atoms with van der Waals surface area (Å²) in [6.45, 7) is 2.33. The van der Waals surface area contributed by atoms with Gasteiger partial charge in [-0.05, 0) is 54.5 Å². The summed E-state index contributed by atoms with van der Waals surface area (Å²) in [4.78, 5) is 17.2. The average Bonchev–Trinajstić information content (AvgIpc) is 2.79. The molecule has 1 atom stereocenters. The number of hydrogen-bond donors (Lipinski definition) is 3. The molecule has 1 aliphatic rings. The number of thiocarbonyl (C=S) groups is 1. The smallest absolute Gasteiger partial charge is 0.256 e. The number of allylic oxidation sites excluding steroid dienone is 1. The fraction of sp³-hybridized carbons (Fsp3) is 0.125. The number of nitrogens with zero attached hydrogens (tertiary/aromatic N) is 1. The van der Waals surface area contributed by atoms with E-state index in [1.54, 1.807) is 18.3 Å². The molecule has 1 aromatic heterocycles. The van der Waals surface area contributed by atoms with Gasteiger partial charge in [0, 0.05) is 11.9 Å². The Balaban J connectivity index is 1.52. The van der Waals surface area contributed by atoms with Crippen molar-refractivity contribution in [1.29, 1.82) is 0 Å². The number of pyridine rings is 1. The zero-order valence-corrected chi connectivity index (χ0v) is 17.8. The number of hydrogen-bond acceptors (Lipinski definition) is 4. The second kappa shape index (κ2) is 9.40. The Morgan fingerprint density at radius 3 is 2.52 bits per heavy atom. The summed E-state index contributed by atoms with van der Waals surface area (Å²) in [7, 11) is 0. The van der Waals surface area contributed by atoms with Gasteiger partial charge in [-0.1, -0.05) is 48.5 Å². The first kappa shape index (κ1) is 20.6. The summed E-state index contributed by atoms with van der Waals surface area (Å²) in [5.41, 5.74) is 3.26. The van der Waals surface area contributed by atoms with Crippen LogP contribution < -0.4 is 20.7 Å². The predicted molar refractivity (Wildman–Crippen MR) is 124 cm³/mol. The molecule has 0 spiro atoms. The molecule has 2 aromatic carbocycles. The summed E-state index contributed by atoms with van der Waals surface area (Å²) < 4.78 is 5.87. The van der Waals surface area contributed by atoms with Crippen molar-refractivity contribution in [3.8, 4) is 5.75 Å². The van der Waals surface area contributed by atoms with Gasteiger partial charge in [0.05, 0.1) is 11.6 Å². The minimum Gasteiger partial charge on any atom is -0.489 e. The molecule has 4 rings (SSSR count). The van der Waals surface area contributed by atoms with Crippen molar-refractivity contribution in [3.05, 3.63) is 101 Å². The van der Waals surface area contributed by atoms with Crippen LogP contribution in [0.2, 0.25) is 0 Å². The SMILES string of the molecule is CC1=C(C(=O)Nc2ccccn2)[C@H](c2ccc(OCc3ccccc3)cc2)NC(=S)N1. The van der Waals surface area contributed by atoms with Gasteiger partial charge >= 0.3 is 0 Å². The van der Waals surface area contributed by atoms with Crippen LogP contribution in [0.25, 0.3) is 0 Å². The van der Waals surface area contributed by atoms with E-state index in [1.807, 2.05) is 67.6 Å². The second-order valence-electron chi connectivity index (χ2n) is 7.08. The van der Waals surface area contributed by atoms with Gasteiger partial charge in [0.25, 0.3) is 5.91 Å². The maximum atomic E-state index is 13.0. The van der Waals surface area contributed by atoms with Crippen molar-refractivity contribution in [2.75, 3.05) is 5.32 Å². The molecule has 3 N–H and O–H groups in total. The van der Waals surface area contributed by atoms with E-state index in [1.165, 1.54) is 0 Å². The zero-order chi connectivity index (χ0) is 21.6. The van der Waals surface area contributed by atoms with Gasteiger partial charge in [-0.2, -0.15) is 0 Å². The Bertz CT molecular complexity index is 1100. The minimum absolute atomic E-state index is 0.242. The molecule has 0 bridgehead atoms. The minimum atomic E-state index is -0.388. The van der Waals surface area contributed by atoms with Crippen molar-refractivity contribution < 1.29 is 9.53 Å². The molecule has 0 saturated carbocycles. The largest absolute Gasteiger partial charge is 0.489 e. The number of anilines is 1. The van der Waals surface area contributed by atoms with E-state index in [2.05, 4.69) is 20.9 Å². The number of nitrogens with one attached hydrogen (secondary N) is 3. The highest BCUT2D eigenvalue weighted by Crippen LogP contribution is 2.29. The van der Waals surface area contributed by atoms with Crippen molar-refractivity contribution in [3.63, 3.8) is 0 Å². The molecule has 0 aliphatic carbocycles. The maximum Gasteiger partial charge on any atom is 0.256 e. The summed E-state index contributed by atoms with van der Waals surface area (Å²) in [5, 5.41) is 9.56. The van der Waals surface area contributed by atoms with E-state index < -0.39 is 0 Å². The van der Waals surface area contributed by atoms with Crippen molar-refractivity contribution >= 4 is 29.1 Å². The van der Waals surface area contributed by atoms with E-state index in [4.69, 9.17) is 17.0 Å². The van der Waals surface area contributed by atoms with E-state index in [0.29, 0.717) is 28.8 Å². The van der Waals surface area contributed by atoms with Crippen molar-refractivity contribution in [2.24, 2.45) is 0 Å². The molecule has 1 amide bonds. The normalized spacial score (nSPS) is 15.6. The van der Waals surface area contributed by atoms with Gasteiger partial charge in [0.15, 0.2) is 5.11 Å². The van der Waals surface area contributed by atoms with Gasteiger partial charge in [0.2, 0.25) is 0 Å². The van der Waals surface area contributed by atoms with Gasteiger partial charge in [-0.25, -0.2) is 4.98 Å². The summed E-state index contributed by atoms with van der Waals surface area (Å²) >= 11 is 5.33. The Hall–Kier alpha value is -3.71. The van der Waals surface area contributed by atoms with Crippen LogP contribution in [-0.4, -0.2) is 16.0 Å². The van der Waals surface area contributed by atoms with Crippen LogP contribution in [0.4, 0.5) is 5.82 Å². The Morgan fingerprint density at radius 2 is 1.81 bits per heavy atom. The van der Waals surface area contributed by atoms with Crippen LogP contribution in [0.15, 0.2) is 90.3 Å². The molecule has 3 aromatic rings. The van der Waals surface area contributed by atoms with E-state index in [0.717, 1.165) is 16.9 Å². The lowest BCUT2D eigenvalue weighted by molar-refractivity contribution is -0.113. The van der Waals surface area contributed by atoms with Gasteiger partial charge < -0.3 is 20.7 Å². The first-order valence-corrected chi connectivity index (χ1v) is 10.3. The number of ether oxygens (including phenoxy) is 1. The van der Waals surface area contributed by atoms with Crippen LogP contribution in [0.1, 0.15) is 24.1 Å². The zero-order valence-electron chi connectivity index (χ0n) is 17.0.